The molecule has 0 aliphatic rings. The first-order chi connectivity index (χ1) is 16.6. The number of amides is 2. The molecular formula is C27H39N3O4S. The zero-order chi connectivity index (χ0) is 26.0. The van der Waals surface area contributed by atoms with Gasteiger partial charge in [-0.25, -0.2) is 8.42 Å². The van der Waals surface area contributed by atoms with Gasteiger partial charge in [-0.3, -0.25) is 13.9 Å². The minimum absolute atomic E-state index is 0.0149. The first-order valence-electron chi connectivity index (χ1n) is 12.3. The lowest BCUT2D eigenvalue weighted by Crippen LogP contribution is -2.49. The van der Waals surface area contributed by atoms with Crippen LogP contribution >= 0.6 is 0 Å². The highest BCUT2D eigenvalue weighted by molar-refractivity contribution is 7.92. The van der Waals surface area contributed by atoms with Crippen molar-refractivity contribution < 1.29 is 18.0 Å². The van der Waals surface area contributed by atoms with Gasteiger partial charge in [0.2, 0.25) is 21.8 Å². The van der Waals surface area contributed by atoms with E-state index in [1.165, 1.54) is 10.6 Å². The van der Waals surface area contributed by atoms with E-state index in [0.29, 0.717) is 18.7 Å². The van der Waals surface area contributed by atoms with E-state index in [0.717, 1.165) is 24.0 Å². The molecule has 0 heterocycles. The highest BCUT2D eigenvalue weighted by atomic mass is 32.2. The maximum Gasteiger partial charge on any atom is 0.242 e. The van der Waals surface area contributed by atoms with E-state index in [1.807, 2.05) is 63.2 Å². The molecule has 1 N–H and O–H groups in total. The molecule has 0 radical (unpaired) electrons. The minimum Gasteiger partial charge on any atom is -0.352 e. The topological polar surface area (TPSA) is 86.8 Å². The van der Waals surface area contributed by atoms with Crippen LogP contribution in [-0.4, -0.2) is 50.0 Å². The number of carbonyl (C=O) groups is 2. The van der Waals surface area contributed by atoms with Gasteiger partial charge in [0.15, 0.2) is 0 Å². The third kappa shape index (κ3) is 8.69. The van der Waals surface area contributed by atoms with Gasteiger partial charge in [-0.05, 0) is 56.4 Å². The Bertz CT molecular complexity index is 1060. The number of aryl methyl sites for hydroxylation is 1. The van der Waals surface area contributed by atoms with E-state index >= 15 is 0 Å². The average Bonchev–Trinajstić information content (AvgIpc) is 2.84. The van der Waals surface area contributed by atoms with Crippen molar-refractivity contribution in [2.45, 2.75) is 72.0 Å². The van der Waals surface area contributed by atoms with E-state index in [2.05, 4.69) is 5.32 Å². The molecule has 0 aromatic heterocycles. The number of hydrogen-bond acceptors (Lipinski definition) is 4. The molecule has 2 atom stereocenters. The van der Waals surface area contributed by atoms with E-state index in [4.69, 9.17) is 0 Å². The van der Waals surface area contributed by atoms with Gasteiger partial charge in [-0.2, -0.15) is 0 Å². The number of nitrogens with zero attached hydrogens (tertiary/aromatic N) is 2. The summed E-state index contributed by atoms with van der Waals surface area (Å²) in [4.78, 5) is 27.7. The second-order valence-corrected chi connectivity index (χ2v) is 10.9. The van der Waals surface area contributed by atoms with Gasteiger partial charge in [-0.15, -0.1) is 0 Å². The van der Waals surface area contributed by atoms with E-state index in [-0.39, 0.29) is 30.8 Å². The molecule has 0 spiro atoms. The van der Waals surface area contributed by atoms with E-state index in [9.17, 15) is 18.0 Å². The molecule has 0 fully saturated rings. The Balaban J connectivity index is 2.13. The zero-order valence-electron chi connectivity index (χ0n) is 21.5. The molecule has 2 rings (SSSR count). The van der Waals surface area contributed by atoms with Crippen molar-refractivity contribution in [1.29, 1.82) is 0 Å². The van der Waals surface area contributed by atoms with Gasteiger partial charge < -0.3 is 10.2 Å². The number of anilines is 1. The van der Waals surface area contributed by atoms with Crippen LogP contribution in [-0.2, 0) is 32.6 Å². The summed E-state index contributed by atoms with van der Waals surface area (Å²) in [5, 5.41) is 2.96. The summed E-state index contributed by atoms with van der Waals surface area (Å²) in [7, 11) is -3.51. The highest BCUT2D eigenvalue weighted by Gasteiger charge is 2.27. The van der Waals surface area contributed by atoms with Crippen LogP contribution in [0.3, 0.4) is 0 Å². The molecule has 2 unspecified atom stereocenters. The van der Waals surface area contributed by atoms with Crippen LogP contribution in [0.15, 0.2) is 54.6 Å². The van der Waals surface area contributed by atoms with Crippen molar-refractivity contribution in [3.8, 4) is 0 Å². The Hall–Kier alpha value is -2.87. The summed E-state index contributed by atoms with van der Waals surface area (Å²) in [6, 6.07) is 16.3. The SMILES string of the molecule is CCc1ccc(N(CCCC(=O)N(Cc2ccccc2)C(C)C(=O)NC(C)CC)S(C)(=O)=O)cc1. The lowest BCUT2D eigenvalue weighted by atomic mass is 10.1. The van der Waals surface area contributed by atoms with Crippen molar-refractivity contribution >= 4 is 27.5 Å². The minimum atomic E-state index is -3.51. The molecule has 0 bridgehead atoms. The molecule has 0 saturated carbocycles. The summed E-state index contributed by atoms with van der Waals surface area (Å²) in [5.41, 5.74) is 2.64. The lowest BCUT2D eigenvalue weighted by Gasteiger charge is -2.30. The third-order valence-corrected chi connectivity index (χ3v) is 7.34. The van der Waals surface area contributed by atoms with Crippen molar-refractivity contribution in [3.63, 3.8) is 0 Å². The number of hydrogen-bond donors (Lipinski definition) is 1. The van der Waals surface area contributed by atoms with Crippen LogP contribution < -0.4 is 9.62 Å². The molecule has 2 aromatic rings. The zero-order valence-corrected chi connectivity index (χ0v) is 22.3. The maximum absolute atomic E-state index is 13.3. The van der Waals surface area contributed by atoms with E-state index < -0.39 is 16.1 Å². The number of benzene rings is 2. The predicted molar refractivity (Wildman–Crippen MR) is 142 cm³/mol. The summed E-state index contributed by atoms with van der Waals surface area (Å²) in [6.07, 6.45) is 3.31. The van der Waals surface area contributed by atoms with Gasteiger partial charge in [0.05, 0.1) is 11.9 Å². The fourth-order valence-corrected chi connectivity index (χ4v) is 4.70. The van der Waals surface area contributed by atoms with Gasteiger partial charge in [0.1, 0.15) is 6.04 Å². The fourth-order valence-electron chi connectivity index (χ4n) is 3.73. The quantitative estimate of drug-likeness (QED) is 0.447. The Morgan fingerprint density at radius 1 is 0.943 bits per heavy atom. The molecular weight excluding hydrogens is 462 g/mol. The van der Waals surface area contributed by atoms with Crippen LogP contribution in [0.1, 0.15) is 58.1 Å². The third-order valence-electron chi connectivity index (χ3n) is 6.15. The second kappa shape index (κ2) is 13.3. The molecule has 0 aliphatic heterocycles. The molecule has 8 heteroatoms. The smallest absolute Gasteiger partial charge is 0.242 e. The summed E-state index contributed by atoms with van der Waals surface area (Å²) in [5.74, 6) is -0.382. The standard InChI is InChI=1S/C27H39N3O4S/c1-6-21(3)28-27(32)22(4)29(20-24-12-9-8-10-13-24)26(31)14-11-19-30(35(5,33)34)25-17-15-23(7-2)16-18-25/h8-10,12-13,15-18,21-22H,6-7,11,14,19-20H2,1-5H3,(H,28,32). The molecule has 0 aliphatic carbocycles. The molecule has 0 saturated heterocycles. The van der Waals surface area contributed by atoms with Crippen molar-refractivity contribution in [2.75, 3.05) is 17.1 Å². The molecule has 35 heavy (non-hydrogen) atoms. The molecule has 2 amide bonds. The van der Waals surface area contributed by atoms with Crippen LogP contribution in [0.5, 0.6) is 0 Å². The Labute approximate surface area is 210 Å². The fraction of sp³-hybridized carbons (Fsp3) is 0.481. The monoisotopic (exact) mass is 501 g/mol. The maximum atomic E-state index is 13.3. The summed E-state index contributed by atoms with van der Waals surface area (Å²) < 4.78 is 26.2. The van der Waals surface area contributed by atoms with Crippen LogP contribution in [0.25, 0.3) is 0 Å². The highest BCUT2D eigenvalue weighted by Crippen LogP contribution is 2.20. The van der Waals surface area contributed by atoms with Crippen molar-refractivity contribution in [3.05, 3.63) is 65.7 Å². The van der Waals surface area contributed by atoms with Crippen LogP contribution in [0.4, 0.5) is 5.69 Å². The first-order valence-corrected chi connectivity index (χ1v) is 14.1. The lowest BCUT2D eigenvalue weighted by molar-refractivity contribution is -0.140. The normalized spacial score (nSPS) is 13.1. The Morgan fingerprint density at radius 2 is 1.57 bits per heavy atom. The Morgan fingerprint density at radius 3 is 2.11 bits per heavy atom. The number of carbonyl (C=O) groups excluding carboxylic acids is 2. The van der Waals surface area contributed by atoms with Gasteiger partial charge in [0, 0.05) is 25.6 Å². The first kappa shape index (κ1) is 28.4. The molecule has 7 nitrogen and oxygen atoms in total. The number of nitrogens with one attached hydrogen (secondary N) is 1. The van der Waals surface area contributed by atoms with Crippen LogP contribution in [0, 0.1) is 0 Å². The van der Waals surface area contributed by atoms with Gasteiger partial charge in [0.25, 0.3) is 0 Å². The van der Waals surface area contributed by atoms with Crippen molar-refractivity contribution in [1.82, 2.24) is 10.2 Å². The van der Waals surface area contributed by atoms with Gasteiger partial charge in [-0.1, -0.05) is 56.3 Å². The summed E-state index contributed by atoms with van der Waals surface area (Å²) in [6.45, 7) is 8.19. The van der Waals surface area contributed by atoms with Gasteiger partial charge >= 0.3 is 0 Å². The molecule has 2 aromatic carbocycles. The number of rotatable bonds is 13. The average molecular weight is 502 g/mol. The largest absolute Gasteiger partial charge is 0.352 e. The Kier molecular flexibility index (Phi) is 10.8. The molecule has 192 valence electrons. The van der Waals surface area contributed by atoms with Crippen LogP contribution in [0.2, 0.25) is 0 Å². The summed E-state index contributed by atoms with van der Waals surface area (Å²) >= 11 is 0. The van der Waals surface area contributed by atoms with Crippen molar-refractivity contribution in [2.24, 2.45) is 0 Å². The second-order valence-electron chi connectivity index (χ2n) is 8.96. The van der Waals surface area contributed by atoms with E-state index in [1.54, 1.807) is 24.0 Å². The number of sulfonamides is 1. The predicted octanol–water partition coefficient (Wildman–Crippen LogP) is 4.13.